The molecule has 0 atom stereocenters. The van der Waals surface area contributed by atoms with E-state index in [-0.39, 0.29) is 5.91 Å². The van der Waals surface area contributed by atoms with E-state index >= 15 is 0 Å². The number of aryl methyl sites for hydroxylation is 1. The monoisotopic (exact) mass is 284 g/mol. The van der Waals surface area contributed by atoms with E-state index < -0.39 is 0 Å². The van der Waals surface area contributed by atoms with Crippen molar-refractivity contribution in [1.29, 1.82) is 0 Å². The zero-order valence-corrected chi connectivity index (χ0v) is 12.0. The Kier molecular flexibility index (Phi) is 5.24. The van der Waals surface area contributed by atoms with Crippen molar-refractivity contribution < 1.29 is 9.53 Å². The van der Waals surface area contributed by atoms with Crippen molar-refractivity contribution in [2.24, 2.45) is 7.05 Å². The SMILES string of the molecule is Cn1nc(NC(=O)CCS)cc1CN1CCOCC1. The fourth-order valence-electron chi connectivity index (χ4n) is 2.01. The number of hydrogen-bond donors (Lipinski definition) is 2. The van der Waals surface area contributed by atoms with Gasteiger partial charge in [-0.05, 0) is 5.75 Å². The van der Waals surface area contributed by atoms with Crippen LogP contribution in [0.4, 0.5) is 5.82 Å². The maximum absolute atomic E-state index is 11.5. The van der Waals surface area contributed by atoms with Crippen LogP contribution in [0.25, 0.3) is 0 Å². The number of anilines is 1. The lowest BCUT2D eigenvalue weighted by Gasteiger charge is -2.26. The Bertz CT molecular complexity index is 429. The Labute approximate surface area is 118 Å². The van der Waals surface area contributed by atoms with Crippen molar-refractivity contribution in [2.45, 2.75) is 13.0 Å². The van der Waals surface area contributed by atoms with Gasteiger partial charge in [0.15, 0.2) is 5.82 Å². The highest BCUT2D eigenvalue weighted by Crippen LogP contribution is 2.12. The van der Waals surface area contributed by atoms with Crippen molar-refractivity contribution in [3.05, 3.63) is 11.8 Å². The van der Waals surface area contributed by atoms with Crippen LogP contribution in [0.1, 0.15) is 12.1 Å². The third-order valence-corrected chi connectivity index (χ3v) is 3.30. The van der Waals surface area contributed by atoms with Crippen LogP contribution in [0.15, 0.2) is 6.07 Å². The van der Waals surface area contributed by atoms with E-state index in [4.69, 9.17) is 4.74 Å². The lowest BCUT2D eigenvalue weighted by Crippen LogP contribution is -2.36. The van der Waals surface area contributed by atoms with Crippen LogP contribution in [0, 0.1) is 0 Å². The number of nitrogens with zero attached hydrogens (tertiary/aromatic N) is 3. The first-order chi connectivity index (χ1) is 9.19. The molecule has 0 unspecified atom stereocenters. The van der Waals surface area contributed by atoms with Gasteiger partial charge in [0.25, 0.3) is 0 Å². The van der Waals surface area contributed by atoms with Crippen LogP contribution in [0.5, 0.6) is 0 Å². The van der Waals surface area contributed by atoms with Crippen molar-refractivity contribution in [3.63, 3.8) is 0 Å². The van der Waals surface area contributed by atoms with Gasteiger partial charge >= 0.3 is 0 Å². The minimum Gasteiger partial charge on any atom is -0.379 e. The summed E-state index contributed by atoms with van der Waals surface area (Å²) in [6.45, 7) is 4.27. The summed E-state index contributed by atoms with van der Waals surface area (Å²) in [7, 11) is 1.89. The standard InChI is InChI=1S/C12H20N4O2S/c1-15-10(9-16-3-5-18-6-4-16)8-11(14-15)13-12(17)2-7-19/h8,19H,2-7,9H2,1H3,(H,13,14,17). The fraction of sp³-hybridized carbons (Fsp3) is 0.667. The van der Waals surface area contributed by atoms with Gasteiger partial charge in [-0.2, -0.15) is 17.7 Å². The number of hydrogen-bond acceptors (Lipinski definition) is 5. The molecule has 7 heteroatoms. The first kappa shape index (κ1) is 14.4. The summed E-state index contributed by atoms with van der Waals surface area (Å²) in [4.78, 5) is 13.8. The fourth-order valence-corrected chi connectivity index (χ4v) is 2.21. The molecular formula is C12H20N4O2S. The number of thiol groups is 1. The molecule has 0 radical (unpaired) electrons. The molecule has 1 aromatic rings. The molecule has 2 heterocycles. The van der Waals surface area contributed by atoms with E-state index in [2.05, 4.69) is 27.9 Å². The first-order valence-electron chi connectivity index (χ1n) is 6.43. The quantitative estimate of drug-likeness (QED) is 0.774. The molecule has 1 amide bonds. The van der Waals surface area contributed by atoms with Gasteiger partial charge in [-0.25, -0.2) is 0 Å². The number of rotatable bonds is 5. The summed E-state index contributed by atoms with van der Waals surface area (Å²) in [5, 5.41) is 7.08. The van der Waals surface area contributed by atoms with Crippen molar-refractivity contribution in [3.8, 4) is 0 Å². The third kappa shape index (κ3) is 4.22. The molecule has 1 aliphatic heterocycles. The van der Waals surface area contributed by atoms with Crippen LogP contribution in [-0.2, 0) is 23.1 Å². The molecule has 0 aromatic carbocycles. The van der Waals surface area contributed by atoms with Gasteiger partial charge < -0.3 is 10.1 Å². The van der Waals surface area contributed by atoms with Crippen molar-refractivity contribution >= 4 is 24.4 Å². The molecule has 106 valence electrons. The number of nitrogens with one attached hydrogen (secondary N) is 1. The van der Waals surface area contributed by atoms with Crippen LogP contribution >= 0.6 is 12.6 Å². The predicted octanol–water partition coefficient (Wildman–Crippen LogP) is 0.511. The molecular weight excluding hydrogens is 264 g/mol. The normalized spacial score (nSPS) is 16.5. The summed E-state index contributed by atoms with van der Waals surface area (Å²) < 4.78 is 7.14. The average molecular weight is 284 g/mol. The van der Waals surface area contributed by atoms with Gasteiger partial charge in [0, 0.05) is 39.2 Å². The van der Waals surface area contributed by atoms with E-state index in [0.29, 0.717) is 18.0 Å². The second-order valence-electron chi connectivity index (χ2n) is 4.55. The molecule has 1 fully saturated rings. The number of amides is 1. The smallest absolute Gasteiger partial charge is 0.226 e. The molecule has 1 aliphatic rings. The Morgan fingerprint density at radius 2 is 2.26 bits per heavy atom. The minimum absolute atomic E-state index is 0.0500. The van der Waals surface area contributed by atoms with Crippen molar-refractivity contribution in [2.75, 3.05) is 37.4 Å². The van der Waals surface area contributed by atoms with Gasteiger partial charge in [0.1, 0.15) is 0 Å². The Morgan fingerprint density at radius 1 is 1.53 bits per heavy atom. The second kappa shape index (κ2) is 6.93. The van der Waals surface area contributed by atoms with Crippen LogP contribution in [-0.4, -0.2) is 52.6 Å². The van der Waals surface area contributed by atoms with E-state index in [9.17, 15) is 4.79 Å². The molecule has 2 rings (SSSR count). The van der Waals surface area contributed by atoms with Gasteiger partial charge in [-0.3, -0.25) is 14.4 Å². The van der Waals surface area contributed by atoms with Crippen LogP contribution in [0.2, 0.25) is 0 Å². The molecule has 0 bridgehead atoms. The number of carbonyl (C=O) groups is 1. The summed E-state index contributed by atoms with van der Waals surface area (Å²) in [5.41, 5.74) is 1.09. The van der Waals surface area contributed by atoms with Gasteiger partial charge in [0.05, 0.1) is 18.9 Å². The highest BCUT2D eigenvalue weighted by atomic mass is 32.1. The zero-order valence-electron chi connectivity index (χ0n) is 11.1. The predicted molar refractivity (Wildman–Crippen MR) is 76.4 cm³/mol. The topological polar surface area (TPSA) is 59.4 Å². The maximum Gasteiger partial charge on any atom is 0.226 e. The summed E-state index contributed by atoms with van der Waals surface area (Å²) >= 11 is 4.03. The minimum atomic E-state index is -0.0500. The largest absolute Gasteiger partial charge is 0.379 e. The molecule has 1 saturated heterocycles. The Balaban J connectivity index is 1.93. The van der Waals surface area contributed by atoms with E-state index in [1.165, 1.54) is 0 Å². The molecule has 0 saturated carbocycles. The lowest BCUT2D eigenvalue weighted by atomic mass is 10.3. The Morgan fingerprint density at radius 3 is 2.95 bits per heavy atom. The van der Waals surface area contributed by atoms with Crippen LogP contribution in [0.3, 0.4) is 0 Å². The van der Waals surface area contributed by atoms with Gasteiger partial charge in [-0.1, -0.05) is 0 Å². The average Bonchev–Trinajstić information content (AvgIpc) is 2.71. The van der Waals surface area contributed by atoms with Gasteiger partial charge in [-0.15, -0.1) is 0 Å². The van der Waals surface area contributed by atoms with E-state index in [1.54, 1.807) is 0 Å². The summed E-state index contributed by atoms with van der Waals surface area (Å²) in [6, 6.07) is 1.92. The number of carbonyl (C=O) groups excluding carboxylic acids is 1. The number of ether oxygens (including phenoxy) is 1. The maximum atomic E-state index is 11.5. The Hall–Kier alpha value is -1.05. The van der Waals surface area contributed by atoms with E-state index in [0.717, 1.165) is 38.5 Å². The molecule has 1 N–H and O–H groups in total. The number of aromatic nitrogens is 2. The van der Waals surface area contributed by atoms with E-state index in [1.807, 2.05) is 17.8 Å². The first-order valence-corrected chi connectivity index (χ1v) is 7.06. The second-order valence-corrected chi connectivity index (χ2v) is 5.00. The molecule has 0 spiro atoms. The summed E-state index contributed by atoms with van der Waals surface area (Å²) in [6.07, 6.45) is 0.401. The lowest BCUT2D eigenvalue weighted by molar-refractivity contribution is -0.115. The highest BCUT2D eigenvalue weighted by molar-refractivity contribution is 7.80. The number of morpholine rings is 1. The summed E-state index contributed by atoms with van der Waals surface area (Å²) in [5.74, 6) is 1.10. The highest BCUT2D eigenvalue weighted by Gasteiger charge is 2.14. The molecule has 19 heavy (non-hydrogen) atoms. The van der Waals surface area contributed by atoms with Crippen LogP contribution < -0.4 is 5.32 Å². The van der Waals surface area contributed by atoms with Crippen molar-refractivity contribution in [1.82, 2.24) is 14.7 Å². The zero-order chi connectivity index (χ0) is 13.7. The molecule has 0 aliphatic carbocycles. The molecule has 6 nitrogen and oxygen atoms in total. The molecule has 1 aromatic heterocycles. The van der Waals surface area contributed by atoms with Gasteiger partial charge in [0.2, 0.25) is 5.91 Å². The third-order valence-electron chi connectivity index (χ3n) is 3.07.